The summed E-state index contributed by atoms with van der Waals surface area (Å²) in [5.41, 5.74) is -0.613. The molecule has 1 saturated carbocycles. The maximum atomic E-state index is 12.4. The van der Waals surface area contributed by atoms with E-state index in [4.69, 9.17) is 32.7 Å². The molecule has 18 heavy (non-hydrogen) atoms. The van der Waals surface area contributed by atoms with Crippen molar-refractivity contribution in [3.8, 4) is 0 Å². The van der Waals surface area contributed by atoms with Gasteiger partial charge in [-0.25, -0.2) is 0 Å². The largest absolute Gasteiger partial charge is 0.347 e. The zero-order valence-electron chi connectivity index (χ0n) is 10.4. The number of halogens is 2. The molecule has 1 unspecified atom stereocenters. The fourth-order valence-corrected chi connectivity index (χ4v) is 3.51. The van der Waals surface area contributed by atoms with Crippen molar-refractivity contribution >= 4 is 29.1 Å². The Hall–Kier alpha value is -0.0300. The monoisotopic (exact) mass is 293 g/mol. The lowest BCUT2D eigenvalue weighted by molar-refractivity contribution is -0.188. The first-order valence-corrected chi connectivity index (χ1v) is 7.09. The van der Waals surface area contributed by atoms with Gasteiger partial charge in [0.2, 0.25) is 5.91 Å². The Morgan fingerprint density at radius 2 is 1.67 bits per heavy atom. The molecule has 2 heterocycles. The van der Waals surface area contributed by atoms with Crippen LogP contribution in [0, 0.1) is 5.41 Å². The lowest BCUT2D eigenvalue weighted by atomic mass is 10.0. The van der Waals surface area contributed by atoms with Gasteiger partial charge in [-0.3, -0.25) is 4.79 Å². The van der Waals surface area contributed by atoms with Crippen molar-refractivity contribution in [2.24, 2.45) is 5.41 Å². The Morgan fingerprint density at radius 1 is 1.17 bits per heavy atom. The second kappa shape index (κ2) is 3.98. The highest BCUT2D eigenvalue weighted by Gasteiger charge is 2.69. The number of hydrogen-bond donors (Lipinski definition) is 0. The Morgan fingerprint density at radius 3 is 2.11 bits per heavy atom. The third-order valence-electron chi connectivity index (χ3n) is 4.36. The number of ether oxygens (including phenoxy) is 2. The van der Waals surface area contributed by atoms with Gasteiger partial charge in [0.15, 0.2) is 5.79 Å². The van der Waals surface area contributed by atoms with E-state index < -0.39 is 15.5 Å². The Kier molecular flexibility index (Phi) is 2.87. The number of amides is 1. The van der Waals surface area contributed by atoms with Crippen molar-refractivity contribution in [3.05, 3.63) is 0 Å². The van der Waals surface area contributed by atoms with Crippen LogP contribution in [0.5, 0.6) is 0 Å². The molecule has 0 radical (unpaired) electrons. The van der Waals surface area contributed by atoms with E-state index >= 15 is 0 Å². The molecule has 0 aromatic rings. The average Bonchev–Trinajstić information content (AvgIpc) is 2.69. The first-order valence-electron chi connectivity index (χ1n) is 6.34. The molecular weight excluding hydrogens is 277 g/mol. The molecule has 1 spiro atoms. The van der Waals surface area contributed by atoms with Gasteiger partial charge in [-0.2, -0.15) is 0 Å². The minimum atomic E-state index is -0.889. The summed E-state index contributed by atoms with van der Waals surface area (Å²) in [7, 11) is 0. The number of likely N-dealkylation sites (tertiary alicyclic amines) is 1. The molecule has 6 heteroatoms. The number of alkyl halides is 2. The van der Waals surface area contributed by atoms with E-state index in [0.717, 1.165) is 12.8 Å². The molecule has 3 aliphatic rings. The standard InChI is InChI=1S/C12H17Cl2NO3/c1-10(8-12(10,13)14)9(16)15-4-2-11(3-5-15)17-6-7-18-11/h2-8H2,1H3. The van der Waals surface area contributed by atoms with Crippen LogP contribution in [-0.2, 0) is 14.3 Å². The van der Waals surface area contributed by atoms with E-state index in [2.05, 4.69) is 0 Å². The van der Waals surface area contributed by atoms with Crippen molar-refractivity contribution in [2.45, 2.75) is 36.3 Å². The van der Waals surface area contributed by atoms with Crippen LogP contribution in [0.25, 0.3) is 0 Å². The summed E-state index contributed by atoms with van der Waals surface area (Å²) in [4.78, 5) is 14.2. The number of rotatable bonds is 1. The molecular formula is C12H17Cl2NO3. The topological polar surface area (TPSA) is 38.8 Å². The van der Waals surface area contributed by atoms with E-state index in [9.17, 15) is 4.79 Å². The van der Waals surface area contributed by atoms with Gasteiger partial charge in [-0.15, -0.1) is 23.2 Å². The van der Waals surface area contributed by atoms with Crippen LogP contribution in [-0.4, -0.2) is 47.2 Å². The summed E-state index contributed by atoms with van der Waals surface area (Å²) in [5.74, 6) is -0.388. The normalized spacial score (nSPS) is 36.9. The first-order chi connectivity index (χ1) is 8.39. The molecule has 1 aliphatic carbocycles. The third kappa shape index (κ3) is 1.85. The minimum Gasteiger partial charge on any atom is -0.347 e. The van der Waals surface area contributed by atoms with Crippen molar-refractivity contribution in [1.82, 2.24) is 4.90 Å². The summed E-state index contributed by atoms with van der Waals surface area (Å²) < 4.78 is 10.4. The number of nitrogens with zero attached hydrogens (tertiary/aromatic N) is 1. The van der Waals surface area contributed by atoms with E-state index in [-0.39, 0.29) is 5.91 Å². The first kappa shape index (κ1) is 13.0. The Balaban J connectivity index is 1.62. The molecule has 4 nitrogen and oxygen atoms in total. The van der Waals surface area contributed by atoms with Gasteiger partial charge in [0.1, 0.15) is 4.33 Å². The summed E-state index contributed by atoms with van der Waals surface area (Å²) in [6.45, 7) is 4.44. The van der Waals surface area contributed by atoms with Crippen LogP contribution in [0.3, 0.4) is 0 Å². The number of carbonyl (C=O) groups is 1. The lowest BCUT2D eigenvalue weighted by Gasteiger charge is -2.38. The summed E-state index contributed by atoms with van der Waals surface area (Å²) in [6, 6.07) is 0. The second-order valence-electron chi connectivity index (χ2n) is 5.61. The van der Waals surface area contributed by atoms with E-state index in [1.165, 1.54) is 0 Å². The van der Waals surface area contributed by atoms with Crippen LogP contribution >= 0.6 is 23.2 Å². The fourth-order valence-electron chi connectivity index (χ4n) is 2.82. The van der Waals surface area contributed by atoms with Gasteiger partial charge >= 0.3 is 0 Å². The number of hydrogen-bond acceptors (Lipinski definition) is 3. The SMILES string of the molecule is CC1(C(=O)N2CCC3(CC2)OCCO3)CC1(Cl)Cl. The Bertz CT molecular complexity index is 372. The van der Waals surface area contributed by atoms with Crippen LogP contribution < -0.4 is 0 Å². The van der Waals surface area contributed by atoms with Gasteiger partial charge in [0, 0.05) is 25.9 Å². The molecule has 1 atom stereocenters. The van der Waals surface area contributed by atoms with E-state index in [1.807, 2.05) is 11.8 Å². The summed E-state index contributed by atoms with van der Waals surface area (Å²) >= 11 is 12.1. The van der Waals surface area contributed by atoms with Crippen molar-refractivity contribution in [2.75, 3.05) is 26.3 Å². The van der Waals surface area contributed by atoms with E-state index in [1.54, 1.807) is 0 Å². The van der Waals surface area contributed by atoms with Crippen LogP contribution in [0.15, 0.2) is 0 Å². The molecule has 102 valence electrons. The number of carbonyl (C=O) groups excluding carboxylic acids is 1. The van der Waals surface area contributed by atoms with Gasteiger partial charge < -0.3 is 14.4 Å². The quantitative estimate of drug-likeness (QED) is 0.694. The Labute approximate surface area is 116 Å². The van der Waals surface area contributed by atoms with Crippen molar-refractivity contribution in [1.29, 1.82) is 0 Å². The minimum absolute atomic E-state index is 0.0559. The van der Waals surface area contributed by atoms with Gasteiger partial charge in [0.05, 0.1) is 18.6 Å². The predicted molar refractivity (Wildman–Crippen MR) is 67.6 cm³/mol. The molecule has 0 aromatic heterocycles. The third-order valence-corrected chi connectivity index (χ3v) is 5.46. The van der Waals surface area contributed by atoms with E-state index in [0.29, 0.717) is 32.7 Å². The number of piperidine rings is 1. The molecule has 0 N–H and O–H groups in total. The zero-order valence-corrected chi connectivity index (χ0v) is 11.9. The smallest absolute Gasteiger partial charge is 0.231 e. The molecule has 2 saturated heterocycles. The van der Waals surface area contributed by atoms with Crippen molar-refractivity contribution in [3.63, 3.8) is 0 Å². The zero-order chi connectivity index (χ0) is 13.0. The van der Waals surface area contributed by atoms with Crippen LogP contribution in [0.4, 0.5) is 0 Å². The highest BCUT2D eigenvalue weighted by Crippen LogP contribution is 2.64. The molecule has 3 rings (SSSR count). The molecule has 2 aliphatic heterocycles. The highest BCUT2D eigenvalue weighted by molar-refractivity contribution is 6.53. The highest BCUT2D eigenvalue weighted by atomic mass is 35.5. The molecule has 0 bridgehead atoms. The van der Waals surface area contributed by atoms with Gasteiger partial charge in [0.25, 0.3) is 0 Å². The summed E-state index contributed by atoms with van der Waals surface area (Å²) in [6.07, 6.45) is 2.00. The van der Waals surface area contributed by atoms with Gasteiger partial charge in [-0.05, 0) is 13.3 Å². The summed E-state index contributed by atoms with van der Waals surface area (Å²) in [5, 5.41) is 0. The average molecular weight is 294 g/mol. The van der Waals surface area contributed by atoms with Gasteiger partial charge in [-0.1, -0.05) is 0 Å². The predicted octanol–water partition coefficient (Wildman–Crippen LogP) is 1.94. The second-order valence-corrected chi connectivity index (χ2v) is 7.10. The lowest BCUT2D eigenvalue weighted by Crippen LogP contribution is -2.49. The maximum absolute atomic E-state index is 12.4. The molecule has 3 fully saturated rings. The fraction of sp³-hybridized carbons (Fsp3) is 0.917. The maximum Gasteiger partial charge on any atom is 0.231 e. The van der Waals surface area contributed by atoms with Crippen molar-refractivity contribution < 1.29 is 14.3 Å². The van der Waals surface area contributed by atoms with Crippen LogP contribution in [0.1, 0.15) is 26.2 Å². The molecule has 1 amide bonds. The molecule has 0 aromatic carbocycles. The van der Waals surface area contributed by atoms with Crippen LogP contribution in [0.2, 0.25) is 0 Å².